The van der Waals surface area contributed by atoms with E-state index in [0.29, 0.717) is 27.0 Å². The molecule has 0 aliphatic heterocycles. The third-order valence-electron chi connectivity index (χ3n) is 4.45. The lowest BCUT2D eigenvalue weighted by atomic mass is 10.2. The number of carbonyl (C=O) groups excluding carboxylic acids is 1. The number of sulfonamides is 1. The Morgan fingerprint density at radius 3 is 2.26 bits per heavy atom. The van der Waals surface area contributed by atoms with E-state index in [-0.39, 0.29) is 24.0 Å². The molecule has 0 bridgehead atoms. The average Bonchev–Trinajstić information content (AvgIpc) is 2.77. The first-order valence-electron chi connectivity index (χ1n) is 9.29. The van der Waals surface area contributed by atoms with Crippen molar-refractivity contribution in [2.45, 2.75) is 4.90 Å². The fourth-order valence-corrected chi connectivity index (χ4v) is 4.23. The maximum atomic E-state index is 12.8. The lowest BCUT2D eigenvalue weighted by Crippen LogP contribution is -2.28. The molecule has 0 fully saturated rings. The zero-order valence-electron chi connectivity index (χ0n) is 16.6. The summed E-state index contributed by atoms with van der Waals surface area (Å²) in [5.74, 6) is 0.255. The minimum Gasteiger partial charge on any atom is -0.490 e. The van der Waals surface area contributed by atoms with E-state index >= 15 is 0 Å². The van der Waals surface area contributed by atoms with Gasteiger partial charge in [-0.25, -0.2) is 8.42 Å². The second-order valence-corrected chi connectivity index (χ2v) is 9.32. The van der Waals surface area contributed by atoms with Gasteiger partial charge in [-0.15, -0.1) is 0 Å². The summed E-state index contributed by atoms with van der Waals surface area (Å²) in [4.78, 5) is 12.4. The molecule has 3 rings (SSSR count). The van der Waals surface area contributed by atoms with Crippen LogP contribution in [0, 0.1) is 0 Å². The molecule has 0 aliphatic rings. The van der Waals surface area contributed by atoms with Crippen molar-refractivity contribution >= 4 is 44.8 Å². The van der Waals surface area contributed by atoms with Crippen LogP contribution in [0.4, 0.5) is 5.69 Å². The van der Waals surface area contributed by atoms with Crippen molar-refractivity contribution < 1.29 is 17.9 Å². The van der Waals surface area contributed by atoms with Crippen LogP contribution in [-0.2, 0) is 10.0 Å². The van der Waals surface area contributed by atoms with Gasteiger partial charge in [-0.05, 0) is 60.7 Å². The van der Waals surface area contributed by atoms with E-state index in [1.807, 2.05) is 6.07 Å². The Balaban J connectivity index is 1.58. The predicted octanol–water partition coefficient (Wildman–Crippen LogP) is 4.63. The first-order chi connectivity index (χ1) is 14.8. The molecule has 1 N–H and O–H groups in total. The van der Waals surface area contributed by atoms with Gasteiger partial charge < -0.3 is 10.1 Å². The number of nitrogens with one attached hydrogen (secondary N) is 1. The predicted molar refractivity (Wildman–Crippen MR) is 123 cm³/mol. The fourth-order valence-electron chi connectivity index (χ4n) is 2.72. The van der Waals surface area contributed by atoms with Gasteiger partial charge in [0.15, 0.2) is 0 Å². The van der Waals surface area contributed by atoms with Crippen molar-refractivity contribution in [1.29, 1.82) is 0 Å². The van der Waals surface area contributed by atoms with Gasteiger partial charge in [0, 0.05) is 17.6 Å². The van der Waals surface area contributed by atoms with Gasteiger partial charge in [0.2, 0.25) is 0 Å². The molecule has 0 aromatic heterocycles. The van der Waals surface area contributed by atoms with E-state index in [0.717, 1.165) is 4.31 Å². The third-order valence-corrected chi connectivity index (χ3v) is 6.81. The van der Waals surface area contributed by atoms with E-state index < -0.39 is 10.0 Å². The van der Waals surface area contributed by atoms with Gasteiger partial charge in [-0.2, -0.15) is 0 Å². The molecule has 0 radical (unpaired) electrons. The summed E-state index contributed by atoms with van der Waals surface area (Å²) in [5.41, 5.74) is 0.826. The van der Waals surface area contributed by atoms with Crippen LogP contribution in [0.1, 0.15) is 10.4 Å². The molecule has 0 heterocycles. The number of benzene rings is 3. The van der Waals surface area contributed by atoms with Crippen LogP contribution < -0.4 is 14.4 Å². The van der Waals surface area contributed by atoms with Gasteiger partial charge >= 0.3 is 0 Å². The van der Waals surface area contributed by atoms with Crippen molar-refractivity contribution in [2.75, 3.05) is 24.5 Å². The van der Waals surface area contributed by atoms with Crippen molar-refractivity contribution in [2.24, 2.45) is 0 Å². The Morgan fingerprint density at radius 1 is 0.968 bits per heavy atom. The van der Waals surface area contributed by atoms with Crippen LogP contribution in [0.3, 0.4) is 0 Å². The summed E-state index contributed by atoms with van der Waals surface area (Å²) >= 11 is 11.8. The van der Waals surface area contributed by atoms with Crippen LogP contribution in [0.2, 0.25) is 10.0 Å². The highest BCUT2D eigenvalue weighted by Gasteiger charge is 2.21. The van der Waals surface area contributed by atoms with Gasteiger partial charge in [-0.3, -0.25) is 9.10 Å². The topological polar surface area (TPSA) is 75.7 Å². The molecule has 0 spiro atoms. The maximum absolute atomic E-state index is 12.8. The van der Waals surface area contributed by atoms with Crippen LogP contribution >= 0.6 is 23.2 Å². The second kappa shape index (κ2) is 10.0. The standard InChI is InChI=1S/C22H20Cl2N2O4S/c1-26(31(28,29)19-12-8-17(23)9-13-19)18-10-6-16(7-11-18)22(27)25-14-15-30-21-5-3-2-4-20(21)24/h2-13H,14-15H2,1H3,(H,25,27). The van der Waals surface area contributed by atoms with Crippen molar-refractivity contribution in [3.63, 3.8) is 0 Å². The van der Waals surface area contributed by atoms with Gasteiger partial charge in [-0.1, -0.05) is 35.3 Å². The lowest BCUT2D eigenvalue weighted by Gasteiger charge is -2.20. The van der Waals surface area contributed by atoms with Crippen LogP contribution in [0.5, 0.6) is 5.75 Å². The molecule has 3 aromatic carbocycles. The molecule has 0 saturated heterocycles. The Hall–Kier alpha value is -2.74. The Morgan fingerprint density at radius 2 is 1.61 bits per heavy atom. The highest BCUT2D eigenvalue weighted by molar-refractivity contribution is 7.92. The third kappa shape index (κ3) is 5.70. The summed E-state index contributed by atoms with van der Waals surface area (Å²) in [6.07, 6.45) is 0. The van der Waals surface area contributed by atoms with E-state index in [9.17, 15) is 13.2 Å². The molecule has 0 saturated carbocycles. The number of ether oxygens (including phenoxy) is 1. The van der Waals surface area contributed by atoms with Gasteiger partial charge in [0.1, 0.15) is 12.4 Å². The molecule has 0 atom stereocenters. The van der Waals surface area contributed by atoms with E-state index in [1.165, 1.54) is 31.3 Å². The minimum absolute atomic E-state index is 0.125. The van der Waals surface area contributed by atoms with Crippen molar-refractivity contribution in [3.05, 3.63) is 88.4 Å². The molecule has 1 amide bonds. The number of amides is 1. The van der Waals surface area contributed by atoms with Crippen LogP contribution in [-0.4, -0.2) is 34.5 Å². The van der Waals surface area contributed by atoms with E-state index in [2.05, 4.69) is 5.32 Å². The summed E-state index contributed by atoms with van der Waals surface area (Å²) in [7, 11) is -2.29. The smallest absolute Gasteiger partial charge is 0.264 e. The monoisotopic (exact) mass is 478 g/mol. The van der Waals surface area contributed by atoms with Crippen molar-refractivity contribution in [1.82, 2.24) is 5.32 Å². The highest BCUT2D eigenvalue weighted by atomic mass is 35.5. The van der Waals surface area contributed by atoms with Gasteiger partial charge in [0.25, 0.3) is 15.9 Å². The Labute approximate surface area is 191 Å². The average molecular weight is 479 g/mol. The molecule has 3 aromatic rings. The fraction of sp³-hybridized carbons (Fsp3) is 0.136. The second-order valence-electron chi connectivity index (χ2n) is 6.51. The number of para-hydroxylation sites is 1. The molecule has 31 heavy (non-hydrogen) atoms. The largest absolute Gasteiger partial charge is 0.490 e. The zero-order chi connectivity index (χ0) is 22.4. The quantitative estimate of drug-likeness (QED) is 0.479. The molecular weight excluding hydrogens is 459 g/mol. The molecule has 9 heteroatoms. The SMILES string of the molecule is CN(c1ccc(C(=O)NCCOc2ccccc2Cl)cc1)S(=O)(=O)c1ccc(Cl)cc1. The Kier molecular flexibility index (Phi) is 7.43. The van der Waals surface area contributed by atoms with E-state index in [4.69, 9.17) is 27.9 Å². The number of hydrogen-bond acceptors (Lipinski definition) is 4. The van der Waals surface area contributed by atoms with Gasteiger partial charge in [0.05, 0.1) is 22.2 Å². The zero-order valence-corrected chi connectivity index (χ0v) is 18.9. The highest BCUT2D eigenvalue weighted by Crippen LogP contribution is 2.24. The Bertz CT molecular complexity index is 1150. The van der Waals surface area contributed by atoms with Crippen LogP contribution in [0.25, 0.3) is 0 Å². The molecule has 6 nitrogen and oxygen atoms in total. The lowest BCUT2D eigenvalue weighted by molar-refractivity contribution is 0.0947. The maximum Gasteiger partial charge on any atom is 0.264 e. The number of anilines is 1. The first-order valence-corrected chi connectivity index (χ1v) is 11.5. The molecular formula is C22H20Cl2N2O4S. The summed E-state index contributed by atoms with van der Waals surface area (Å²) < 4.78 is 32.2. The van der Waals surface area contributed by atoms with Crippen LogP contribution in [0.15, 0.2) is 77.7 Å². The number of halogens is 2. The summed E-state index contributed by atoms with van der Waals surface area (Å²) in [6, 6.07) is 19.3. The first kappa shape index (κ1) is 22.9. The number of nitrogens with zero attached hydrogens (tertiary/aromatic N) is 1. The minimum atomic E-state index is -3.74. The summed E-state index contributed by atoms with van der Waals surface area (Å²) in [5, 5.41) is 3.70. The molecule has 162 valence electrons. The summed E-state index contributed by atoms with van der Waals surface area (Å²) in [6.45, 7) is 0.548. The molecule has 0 aliphatic carbocycles. The van der Waals surface area contributed by atoms with Crippen molar-refractivity contribution in [3.8, 4) is 5.75 Å². The molecule has 0 unspecified atom stereocenters. The number of rotatable bonds is 8. The number of carbonyl (C=O) groups is 1. The number of hydrogen-bond donors (Lipinski definition) is 1. The van der Waals surface area contributed by atoms with E-state index in [1.54, 1.807) is 42.5 Å². The normalized spacial score (nSPS) is 11.1.